The molecule has 0 bridgehead atoms. The standard InChI is InChI=1S/C16H22FNO3/c1-2-3-4-5-9-15(19)18-10-11-21-16(20)13-7-6-8-14(17)12-13/h6-8,12H,2-5,9-11H2,1H3,(H,18,19). The van der Waals surface area contributed by atoms with Gasteiger partial charge in [-0.1, -0.05) is 32.3 Å². The lowest BCUT2D eigenvalue weighted by Gasteiger charge is -2.07. The lowest BCUT2D eigenvalue weighted by molar-refractivity contribution is -0.121. The van der Waals surface area contributed by atoms with E-state index in [0.717, 1.165) is 31.7 Å². The van der Waals surface area contributed by atoms with E-state index in [1.807, 2.05) is 0 Å². The Morgan fingerprint density at radius 3 is 2.76 bits per heavy atom. The van der Waals surface area contributed by atoms with Gasteiger partial charge in [-0.3, -0.25) is 4.79 Å². The summed E-state index contributed by atoms with van der Waals surface area (Å²) in [4.78, 5) is 23.0. The zero-order valence-corrected chi connectivity index (χ0v) is 12.4. The summed E-state index contributed by atoms with van der Waals surface area (Å²) in [6.45, 7) is 2.47. The Hall–Kier alpha value is -1.91. The van der Waals surface area contributed by atoms with E-state index in [2.05, 4.69) is 12.2 Å². The van der Waals surface area contributed by atoms with E-state index in [1.165, 1.54) is 18.2 Å². The minimum Gasteiger partial charge on any atom is -0.460 e. The van der Waals surface area contributed by atoms with Crippen molar-refractivity contribution in [1.82, 2.24) is 5.32 Å². The number of hydrogen-bond donors (Lipinski definition) is 1. The maximum absolute atomic E-state index is 12.9. The topological polar surface area (TPSA) is 55.4 Å². The zero-order chi connectivity index (χ0) is 15.5. The molecule has 0 aliphatic rings. The molecule has 0 atom stereocenters. The highest BCUT2D eigenvalue weighted by Crippen LogP contribution is 2.05. The van der Waals surface area contributed by atoms with E-state index in [1.54, 1.807) is 0 Å². The number of benzene rings is 1. The molecule has 1 amide bonds. The van der Waals surface area contributed by atoms with Crippen LogP contribution in [0.4, 0.5) is 4.39 Å². The molecule has 1 aromatic carbocycles. The van der Waals surface area contributed by atoms with E-state index < -0.39 is 11.8 Å². The smallest absolute Gasteiger partial charge is 0.338 e. The Labute approximate surface area is 124 Å². The third kappa shape index (κ3) is 7.44. The number of unbranched alkanes of at least 4 members (excludes halogenated alkanes) is 3. The van der Waals surface area contributed by atoms with Crippen LogP contribution < -0.4 is 5.32 Å². The van der Waals surface area contributed by atoms with Gasteiger partial charge in [0.25, 0.3) is 0 Å². The minimum absolute atomic E-state index is 0.0343. The molecular formula is C16H22FNO3. The van der Waals surface area contributed by atoms with Crippen LogP contribution in [0.25, 0.3) is 0 Å². The number of carbonyl (C=O) groups is 2. The summed E-state index contributed by atoms with van der Waals surface area (Å²) in [7, 11) is 0. The number of halogens is 1. The van der Waals surface area contributed by atoms with Crippen molar-refractivity contribution < 1.29 is 18.7 Å². The molecular weight excluding hydrogens is 273 g/mol. The van der Waals surface area contributed by atoms with Crippen molar-refractivity contribution in [2.45, 2.75) is 39.0 Å². The number of nitrogens with one attached hydrogen (secondary N) is 1. The Morgan fingerprint density at radius 1 is 1.24 bits per heavy atom. The molecule has 0 spiro atoms. The zero-order valence-electron chi connectivity index (χ0n) is 12.4. The van der Waals surface area contributed by atoms with Crippen LogP contribution in [0.5, 0.6) is 0 Å². The first-order valence-electron chi connectivity index (χ1n) is 7.33. The maximum Gasteiger partial charge on any atom is 0.338 e. The summed E-state index contributed by atoms with van der Waals surface area (Å²) in [5.41, 5.74) is 0.167. The monoisotopic (exact) mass is 295 g/mol. The SMILES string of the molecule is CCCCCCC(=O)NCCOC(=O)c1cccc(F)c1. The molecule has 1 aromatic rings. The minimum atomic E-state index is -0.591. The first-order chi connectivity index (χ1) is 10.1. The molecule has 0 aromatic heterocycles. The number of esters is 1. The molecule has 0 aliphatic heterocycles. The second-order valence-corrected chi connectivity index (χ2v) is 4.81. The summed E-state index contributed by atoms with van der Waals surface area (Å²) in [5.74, 6) is -1.11. The Morgan fingerprint density at radius 2 is 2.05 bits per heavy atom. The Kier molecular flexibility index (Phi) is 8.09. The van der Waals surface area contributed by atoms with E-state index >= 15 is 0 Å². The summed E-state index contributed by atoms with van der Waals surface area (Å²) >= 11 is 0. The summed E-state index contributed by atoms with van der Waals surface area (Å²) in [5, 5.41) is 2.69. The van der Waals surface area contributed by atoms with Gasteiger partial charge in [0.15, 0.2) is 0 Å². The van der Waals surface area contributed by atoms with E-state index in [4.69, 9.17) is 4.74 Å². The third-order valence-corrected chi connectivity index (χ3v) is 2.98. The molecule has 0 fully saturated rings. The van der Waals surface area contributed by atoms with Crippen molar-refractivity contribution in [2.75, 3.05) is 13.2 Å². The first kappa shape index (κ1) is 17.1. The number of amides is 1. The number of ether oxygens (including phenoxy) is 1. The van der Waals surface area contributed by atoms with E-state index in [-0.39, 0.29) is 24.6 Å². The molecule has 0 unspecified atom stereocenters. The van der Waals surface area contributed by atoms with Gasteiger partial charge in [0.1, 0.15) is 12.4 Å². The quantitative estimate of drug-likeness (QED) is 0.562. The predicted molar refractivity (Wildman–Crippen MR) is 78.5 cm³/mol. The fourth-order valence-electron chi connectivity index (χ4n) is 1.83. The second kappa shape index (κ2) is 9.91. The summed E-state index contributed by atoms with van der Waals surface area (Å²) < 4.78 is 17.9. The van der Waals surface area contributed by atoms with Crippen LogP contribution in [0.3, 0.4) is 0 Å². The molecule has 0 radical (unpaired) electrons. The van der Waals surface area contributed by atoms with Crippen LogP contribution in [-0.4, -0.2) is 25.0 Å². The van der Waals surface area contributed by atoms with Crippen LogP contribution in [0.1, 0.15) is 49.4 Å². The highest BCUT2D eigenvalue weighted by molar-refractivity contribution is 5.89. The Balaban J connectivity index is 2.13. The first-order valence-corrected chi connectivity index (χ1v) is 7.33. The molecule has 0 heterocycles. The maximum atomic E-state index is 12.9. The van der Waals surface area contributed by atoms with Crippen LogP contribution in [-0.2, 0) is 9.53 Å². The normalized spacial score (nSPS) is 10.2. The van der Waals surface area contributed by atoms with Gasteiger partial charge in [0, 0.05) is 6.42 Å². The van der Waals surface area contributed by atoms with Gasteiger partial charge >= 0.3 is 5.97 Å². The van der Waals surface area contributed by atoms with Crippen LogP contribution in [0.15, 0.2) is 24.3 Å². The molecule has 0 saturated carbocycles. The average Bonchev–Trinajstić information content (AvgIpc) is 2.48. The van der Waals surface area contributed by atoms with Crippen molar-refractivity contribution in [3.63, 3.8) is 0 Å². The lowest BCUT2D eigenvalue weighted by Crippen LogP contribution is -2.27. The van der Waals surface area contributed by atoms with Gasteiger partial charge in [0.2, 0.25) is 5.91 Å². The second-order valence-electron chi connectivity index (χ2n) is 4.81. The molecule has 1 rings (SSSR count). The van der Waals surface area contributed by atoms with Gasteiger partial charge in [-0.15, -0.1) is 0 Å². The van der Waals surface area contributed by atoms with Crippen molar-refractivity contribution in [1.29, 1.82) is 0 Å². The van der Waals surface area contributed by atoms with E-state index in [0.29, 0.717) is 6.42 Å². The molecule has 5 heteroatoms. The van der Waals surface area contributed by atoms with Crippen molar-refractivity contribution >= 4 is 11.9 Å². The van der Waals surface area contributed by atoms with Crippen LogP contribution >= 0.6 is 0 Å². The molecule has 116 valence electrons. The molecule has 0 saturated heterocycles. The van der Waals surface area contributed by atoms with Gasteiger partial charge in [-0.05, 0) is 24.6 Å². The number of carbonyl (C=O) groups excluding carboxylic acids is 2. The summed E-state index contributed by atoms with van der Waals surface area (Å²) in [6.07, 6.45) is 4.70. The highest BCUT2D eigenvalue weighted by Gasteiger charge is 2.08. The number of hydrogen-bond acceptors (Lipinski definition) is 3. The Bertz CT molecular complexity index is 463. The van der Waals surface area contributed by atoms with Crippen LogP contribution in [0.2, 0.25) is 0 Å². The van der Waals surface area contributed by atoms with Crippen molar-refractivity contribution in [2.24, 2.45) is 0 Å². The number of rotatable bonds is 9. The van der Waals surface area contributed by atoms with Gasteiger partial charge in [-0.25, -0.2) is 9.18 Å². The van der Waals surface area contributed by atoms with Gasteiger partial charge in [-0.2, -0.15) is 0 Å². The fraction of sp³-hybridized carbons (Fsp3) is 0.500. The van der Waals surface area contributed by atoms with Crippen LogP contribution in [0, 0.1) is 5.82 Å². The average molecular weight is 295 g/mol. The molecule has 4 nitrogen and oxygen atoms in total. The highest BCUT2D eigenvalue weighted by atomic mass is 19.1. The van der Waals surface area contributed by atoms with Crippen molar-refractivity contribution in [3.05, 3.63) is 35.6 Å². The molecule has 1 N–H and O–H groups in total. The molecule has 21 heavy (non-hydrogen) atoms. The van der Waals surface area contributed by atoms with Gasteiger partial charge < -0.3 is 10.1 Å². The lowest BCUT2D eigenvalue weighted by atomic mass is 10.1. The molecule has 0 aliphatic carbocycles. The van der Waals surface area contributed by atoms with Crippen molar-refractivity contribution in [3.8, 4) is 0 Å². The van der Waals surface area contributed by atoms with Gasteiger partial charge in [0.05, 0.1) is 12.1 Å². The van der Waals surface area contributed by atoms with E-state index in [9.17, 15) is 14.0 Å². The summed E-state index contributed by atoms with van der Waals surface area (Å²) in [6, 6.07) is 5.31. The largest absolute Gasteiger partial charge is 0.460 e. The third-order valence-electron chi connectivity index (χ3n) is 2.98. The predicted octanol–water partition coefficient (Wildman–Crippen LogP) is 3.07. The fourth-order valence-corrected chi connectivity index (χ4v) is 1.83.